The molecule has 2 aliphatic heterocycles. The van der Waals surface area contributed by atoms with E-state index in [1.54, 1.807) is 31.7 Å². The van der Waals surface area contributed by atoms with Gasteiger partial charge in [-0.25, -0.2) is 4.79 Å². The second-order valence-corrected chi connectivity index (χ2v) is 10.3. The van der Waals surface area contributed by atoms with Gasteiger partial charge in [-0.3, -0.25) is 4.90 Å². The lowest BCUT2D eigenvalue weighted by Crippen LogP contribution is -2.50. The van der Waals surface area contributed by atoms with E-state index in [1.165, 1.54) is 0 Å². The second kappa shape index (κ2) is 11.6. The maximum Gasteiger partial charge on any atom is 0.410 e. The fraction of sp³-hybridized carbons (Fsp3) is 0.708. The van der Waals surface area contributed by atoms with Crippen LogP contribution in [-0.4, -0.2) is 86.9 Å². The number of nitrogens with two attached hydrogens (primary N) is 1. The Kier molecular flexibility index (Phi) is 8.79. The molecule has 12 nitrogen and oxygen atoms in total. The molecule has 4 atom stereocenters. The van der Waals surface area contributed by atoms with E-state index in [2.05, 4.69) is 33.1 Å². The number of amides is 1. The summed E-state index contributed by atoms with van der Waals surface area (Å²) in [7, 11) is 2.06. The number of carbonyl (C=O) groups excluding carboxylic acids is 1. The molecule has 3 heterocycles. The van der Waals surface area contributed by atoms with Crippen LogP contribution in [-0.2, 0) is 4.74 Å². The third-order valence-corrected chi connectivity index (χ3v) is 6.35. The number of amidine groups is 1. The van der Waals surface area contributed by atoms with Gasteiger partial charge in [0.1, 0.15) is 17.8 Å². The first kappa shape index (κ1) is 27.3. The van der Waals surface area contributed by atoms with Crippen LogP contribution in [0.15, 0.2) is 11.2 Å². The molecule has 3 rings (SSSR count). The van der Waals surface area contributed by atoms with Crippen molar-refractivity contribution >= 4 is 11.9 Å². The van der Waals surface area contributed by atoms with E-state index in [0.717, 1.165) is 19.4 Å². The SMILES string of the molecule is C[C@H](Oc1cc(OC2CCN(C(=O)OC(C)(C)C)C(CC#N)C2)nc(C(N)=NO)n1)[C@@H]1CCCN1C. The lowest BCUT2D eigenvalue weighted by atomic mass is 9.97. The summed E-state index contributed by atoms with van der Waals surface area (Å²) in [6, 6.07) is 3.62. The number of ether oxygens (including phenoxy) is 3. The number of likely N-dealkylation sites (N-methyl/N-ethyl adjacent to an activating group) is 1. The number of rotatable bonds is 7. The lowest BCUT2D eigenvalue weighted by Gasteiger charge is -2.38. The number of nitriles is 1. The molecule has 1 amide bonds. The van der Waals surface area contributed by atoms with Crippen molar-refractivity contribution in [2.75, 3.05) is 20.1 Å². The zero-order valence-corrected chi connectivity index (χ0v) is 21.7. The van der Waals surface area contributed by atoms with Gasteiger partial charge < -0.3 is 30.1 Å². The zero-order chi connectivity index (χ0) is 26.5. The topological polar surface area (TPSA) is 159 Å². The van der Waals surface area contributed by atoms with Crippen molar-refractivity contribution in [2.24, 2.45) is 10.9 Å². The van der Waals surface area contributed by atoms with E-state index >= 15 is 0 Å². The van der Waals surface area contributed by atoms with Crippen molar-refractivity contribution in [1.82, 2.24) is 19.8 Å². The number of piperidine rings is 1. The fourth-order valence-electron chi connectivity index (χ4n) is 4.63. The van der Waals surface area contributed by atoms with E-state index in [1.807, 2.05) is 6.92 Å². The maximum absolute atomic E-state index is 12.7. The molecular formula is C24H37N7O5. The number of aromatic nitrogens is 2. The first-order valence-electron chi connectivity index (χ1n) is 12.3. The van der Waals surface area contributed by atoms with Gasteiger partial charge >= 0.3 is 6.09 Å². The van der Waals surface area contributed by atoms with Gasteiger partial charge in [0.2, 0.25) is 23.4 Å². The first-order valence-corrected chi connectivity index (χ1v) is 12.3. The van der Waals surface area contributed by atoms with E-state index in [9.17, 15) is 10.1 Å². The minimum absolute atomic E-state index is 0.0169. The Labute approximate surface area is 212 Å². The number of hydrogen-bond donors (Lipinski definition) is 2. The molecular weight excluding hydrogens is 466 g/mol. The van der Waals surface area contributed by atoms with Crippen LogP contribution in [0.5, 0.6) is 11.8 Å². The molecule has 2 fully saturated rings. The Bertz CT molecular complexity index is 990. The molecule has 0 aliphatic carbocycles. The Morgan fingerprint density at radius 1 is 1.33 bits per heavy atom. The highest BCUT2D eigenvalue weighted by Crippen LogP contribution is 2.28. The highest BCUT2D eigenvalue weighted by Gasteiger charge is 2.35. The average molecular weight is 504 g/mol. The molecule has 198 valence electrons. The van der Waals surface area contributed by atoms with Crippen molar-refractivity contribution in [3.05, 3.63) is 11.9 Å². The fourth-order valence-corrected chi connectivity index (χ4v) is 4.63. The number of carbonyl (C=O) groups is 1. The Hall–Kier alpha value is -3.33. The third kappa shape index (κ3) is 7.10. The number of likely N-dealkylation sites (tertiary alicyclic amines) is 2. The summed E-state index contributed by atoms with van der Waals surface area (Å²) >= 11 is 0. The van der Waals surface area contributed by atoms with E-state index in [0.29, 0.717) is 19.4 Å². The molecule has 0 aromatic carbocycles. The van der Waals surface area contributed by atoms with E-state index in [4.69, 9.17) is 25.2 Å². The molecule has 1 aromatic heterocycles. The lowest BCUT2D eigenvalue weighted by molar-refractivity contribution is -0.00383. The zero-order valence-electron chi connectivity index (χ0n) is 21.7. The molecule has 0 bridgehead atoms. The number of oxime groups is 1. The van der Waals surface area contributed by atoms with Gasteiger partial charge in [0.15, 0.2) is 0 Å². The Morgan fingerprint density at radius 2 is 2.06 bits per heavy atom. The van der Waals surface area contributed by atoms with Gasteiger partial charge in [-0.15, -0.1) is 0 Å². The molecule has 36 heavy (non-hydrogen) atoms. The summed E-state index contributed by atoms with van der Waals surface area (Å²) in [5, 5.41) is 21.5. The largest absolute Gasteiger partial charge is 0.474 e. The molecule has 2 unspecified atom stereocenters. The molecule has 0 saturated carbocycles. The van der Waals surface area contributed by atoms with Gasteiger partial charge in [-0.2, -0.15) is 15.2 Å². The quantitative estimate of drug-likeness (QED) is 0.245. The van der Waals surface area contributed by atoms with Crippen LogP contribution >= 0.6 is 0 Å². The number of nitrogens with zero attached hydrogens (tertiary/aromatic N) is 6. The predicted octanol–water partition coefficient (Wildman–Crippen LogP) is 2.49. The van der Waals surface area contributed by atoms with Gasteiger partial charge in [-0.1, -0.05) is 5.16 Å². The smallest absolute Gasteiger partial charge is 0.410 e. The summed E-state index contributed by atoms with van der Waals surface area (Å²) in [4.78, 5) is 25.1. The normalized spacial score (nSPS) is 24.2. The summed E-state index contributed by atoms with van der Waals surface area (Å²) < 4.78 is 17.8. The van der Waals surface area contributed by atoms with Crippen molar-refractivity contribution in [3.8, 4) is 17.8 Å². The van der Waals surface area contributed by atoms with Crippen LogP contribution in [0, 0.1) is 11.3 Å². The van der Waals surface area contributed by atoms with E-state index < -0.39 is 11.7 Å². The molecule has 0 spiro atoms. The average Bonchev–Trinajstić information content (AvgIpc) is 3.23. The van der Waals surface area contributed by atoms with Crippen molar-refractivity contribution in [3.63, 3.8) is 0 Å². The van der Waals surface area contributed by atoms with E-state index in [-0.39, 0.29) is 54.1 Å². The Morgan fingerprint density at radius 3 is 2.67 bits per heavy atom. The minimum atomic E-state index is -0.631. The maximum atomic E-state index is 12.7. The van der Waals surface area contributed by atoms with Crippen LogP contribution in [0.2, 0.25) is 0 Å². The number of hydrogen-bond acceptors (Lipinski definition) is 10. The third-order valence-electron chi connectivity index (χ3n) is 6.35. The van der Waals surface area contributed by atoms with Crippen molar-refractivity contribution in [1.29, 1.82) is 5.26 Å². The van der Waals surface area contributed by atoms with Gasteiger partial charge in [0.05, 0.1) is 24.6 Å². The molecule has 3 N–H and O–H groups in total. The summed E-state index contributed by atoms with van der Waals surface area (Å²) in [6.07, 6.45) is 2.32. The highest BCUT2D eigenvalue weighted by molar-refractivity contribution is 5.93. The Balaban J connectivity index is 1.75. The van der Waals surface area contributed by atoms with Crippen molar-refractivity contribution in [2.45, 2.75) is 89.7 Å². The van der Waals surface area contributed by atoms with Gasteiger partial charge in [0.25, 0.3) is 0 Å². The van der Waals surface area contributed by atoms with Gasteiger partial charge in [0, 0.05) is 25.4 Å². The predicted molar refractivity (Wildman–Crippen MR) is 131 cm³/mol. The molecule has 2 aliphatic rings. The molecule has 1 aromatic rings. The highest BCUT2D eigenvalue weighted by atomic mass is 16.6. The van der Waals surface area contributed by atoms with Crippen LogP contribution in [0.1, 0.15) is 65.6 Å². The van der Waals surface area contributed by atoms with Crippen LogP contribution in [0.4, 0.5) is 4.79 Å². The van der Waals surface area contributed by atoms with Crippen LogP contribution in [0.25, 0.3) is 0 Å². The first-order chi connectivity index (χ1) is 17.0. The van der Waals surface area contributed by atoms with Crippen LogP contribution in [0.3, 0.4) is 0 Å². The second-order valence-electron chi connectivity index (χ2n) is 10.3. The molecule has 2 saturated heterocycles. The monoisotopic (exact) mass is 503 g/mol. The minimum Gasteiger partial charge on any atom is -0.474 e. The summed E-state index contributed by atoms with van der Waals surface area (Å²) in [5.41, 5.74) is 5.13. The summed E-state index contributed by atoms with van der Waals surface area (Å²) in [6.45, 7) is 8.78. The van der Waals surface area contributed by atoms with Crippen LogP contribution < -0.4 is 15.2 Å². The molecule has 0 radical (unpaired) electrons. The van der Waals surface area contributed by atoms with Gasteiger partial charge in [-0.05, 0) is 54.1 Å². The summed E-state index contributed by atoms with van der Waals surface area (Å²) in [5.74, 6) is 0.184. The standard InChI is InChI=1S/C24H37N7O5/c1-15(18-7-6-11-30(18)5)34-19-14-20(28-22(27-19)21(26)29-33)35-17-9-12-31(16(13-17)8-10-25)23(32)36-24(2,3)4/h14-18,33H,6-9,11-13H2,1-5H3,(H2,26,29)/t15-,16?,17?,18-/m0/s1. The van der Waals surface area contributed by atoms with Crippen molar-refractivity contribution < 1.29 is 24.2 Å². The molecule has 12 heteroatoms.